The highest BCUT2D eigenvalue weighted by molar-refractivity contribution is 6.41. The second-order valence-corrected chi connectivity index (χ2v) is 7.37. The fourth-order valence-electron chi connectivity index (χ4n) is 3.08. The van der Waals surface area contributed by atoms with E-state index in [1.807, 2.05) is 24.6 Å². The molecule has 3 N–H and O–H groups in total. The molecule has 1 aromatic rings. The molecule has 1 aromatic heterocycles. The van der Waals surface area contributed by atoms with Crippen molar-refractivity contribution in [2.24, 2.45) is 12.0 Å². The SMILES string of the molecule is CCNC(=NCc1cc(Cl)c(Cl)n1C)NCCC(=O)NC1CCCCC1. The lowest BCUT2D eigenvalue weighted by molar-refractivity contribution is -0.121. The molecule has 0 aromatic carbocycles. The minimum atomic E-state index is 0.0984. The Labute approximate surface area is 165 Å². The maximum Gasteiger partial charge on any atom is 0.221 e. The summed E-state index contributed by atoms with van der Waals surface area (Å²) in [6.45, 7) is 3.74. The van der Waals surface area contributed by atoms with Crippen molar-refractivity contribution in [2.75, 3.05) is 13.1 Å². The zero-order valence-corrected chi connectivity index (χ0v) is 17.1. The number of rotatable bonds is 7. The van der Waals surface area contributed by atoms with Gasteiger partial charge < -0.3 is 20.5 Å². The van der Waals surface area contributed by atoms with Gasteiger partial charge in [0, 0.05) is 38.3 Å². The van der Waals surface area contributed by atoms with Crippen molar-refractivity contribution in [2.45, 2.75) is 58.0 Å². The molecule has 0 saturated heterocycles. The molecule has 0 atom stereocenters. The molecule has 0 unspecified atom stereocenters. The Kier molecular flexibility index (Phi) is 8.59. The van der Waals surface area contributed by atoms with Crippen molar-refractivity contribution in [3.8, 4) is 0 Å². The molecule has 1 fully saturated rings. The van der Waals surface area contributed by atoms with Gasteiger partial charge in [-0.15, -0.1) is 0 Å². The summed E-state index contributed by atoms with van der Waals surface area (Å²) < 4.78 is 1.81. The Morgan fingerprint density at radius 1 is 1.27 bits per heavy atom. The maximum atomic E-state index is 12.1. The first-order chi connectivity index (χ1) is 12.5. The van der Waals surface area contributed by atoms with Crippen LogP contribution in [0, 0.1) is 0 Å². The Morgan fingerprint density at radius 3 is 2.62 bits per heavy atom. The number of amides is 1. The summed E-state index contributed by atoms with van der Waals surface area (Å²) in [5.41, 5.74) is 0.923. The van der Waals surface area contributed by atoms with E-state index in [0.717, 1.165) is 25.1 Å². The predicted molar refractivity (Wildman–Crippen MR) is 108 cm³/mol. The van der Waals surface area contributed by atoms with E-state index in [0.29, 0.717) is 41.7 Å². The van der Waals surface area contributed by atoms with E-state index in [4.69, 9.17) is 23.2 Å². The molecule has 0 aliphatic heterocycles. The van der Waals surface area contributed by atoms with Crippen LogP contribution in [0.15, 0.2) is 11.1 Å². The van der Waals surface area contributed by atoms with Gasteiger partial charge in [-0.05, 0) is 25.8 Å². The monoisotopic (exact) mass is 401 g/mol. The Hall–Kier alpha value is -1.40. The minimum absolute atomic E-state index is 0.0984. The van der Waals surface area contributed by atoms with E-state index in [2.05, 4.69) is 20.9 Å². The van der Waals surface area contributed by atoms with Crippen molar-refractivity contribution in [3.05, 3.63) is 21.9 Å². The number of aromatic nitrogens is 1. The van der Waals surface area contributed by atoms with Crippen LogP contribution in [0.5, 0.6) is 0 Å². The maximum absolute atomic E-state index is 12.1. The molecule has 1 saturated carbocycles. The quantitative estimate of drug-likeness (QED) is 0.485. The number of hydrogen-bond acceptors (Lipinski definition) is 2. The van der Waals surface area contributed by atoms with Crippen LogP contribution in [0.1, 0.15) is 51.1 Å². The van der Waals surface area contributed by atoms with Gasteiger partial charge in [-0.2, -0.15) is 0 Å². The van der Waals surface area contributed by atoms with Gasteiger partial charge in [0.2, 0.25) is 5.91 Å². The number of nitrogens with one attached hydrogen (secondary N) is 3. The molecule has 146 valence electrons. The van der Waals surface area contributed by atoms with E-state index in [1.54, 1.807) is 0 Å². The van der Waals surface area contributed by atoms with Crippen molar-refractivity contribution in [1.29, 1.82) is 0 Å². The van der Waals surface area contributed by atoms with Crippen molar-refractivity contribution in [3.63, 3.8) is 0 Å². The molecule has 0 bridgehead atoms. The van der Waals surface area contributed by atoms with E-state index in [-0.39, 0.29) is 5.91 Å². The number of nitrogens with zero attached hydrogens (tertiary/aromatic N) is 2. The zero-order valence-electron chi connectivity index (χ0n) is 15.6. The van der Waals surface area contributed by atoms with Crippen LogP contribution in [0.3, 0.4) is 0 Å². The lowest BCUT2D eigenvalue weighted by Gasteiger charge is -2.22. The van der Waals surface area contributed by atoms with Gasteiger partial charge in [-0.1, -0.05) is 42.5 Å². The topological polar surface area (TPSA) is 70.5 Å². The molecule has 1 aliphatic rings. The largest absolute Gasteiger partial charge is 0.357 e. The molecule has 1 aliphatic carbocycles. The smallest absolute Gasteiger partial charge is 0.221 e. The number of hydrogen-bond donors (Lipinski definition) is 3. The normalized spacial score (nSPS) is 15.8. The standard InChI is InChI=1S/C18H29Cl2N5O/c1-3-21-18(23-12-14-11-15(19)17(20)25(14)2)22-10-9-16(26)24-13-7-5-4-6-8-13/h11,13H,3-10,12H2,1-2H3,(H,24,26)(H2,21,22,23). The Bertz CT molecular complexity index is 623. The molecule has 0 spiro atoms. The molecule has 0 radical (unpaired) electrons. The molecule has 2 rings (SSSR count). The van der Waals surface area contributed by atoms with Crippen molar-refractivity contribution >= 4 is 35.1 Å². The first-order valence-corrected chi connectivity index (χ1v) is 10.1. The summed E-state index contributed by atoms with van der Waals surface area (Å²) in [6.07, 6.45) is 6.36. The Morgan fingerprint density at radius 2 is 2.00 bits per heavy atom. The van der Waals surface area contributed by atoms with Crippen LogP contribution in [0.2, 0.25) is 10.2 Å². The summed E-state index contributed by atoms with van der Waals surface area (Å²) in [4.78, 5) is 16.6. The lowest BCUT2D eigenvalue weighted by atomic mass is 9.95. The Balaban J connectivity index is 1.79. The highest BCUT2D eigenvalue weighted by atomic mass is 35.5. The summed E-state index contributed by atoms with van der Waals surface area (Å²) in [5, 5.41) is 10.5. The van der Waals surface area contributed by atoms with Crippen molar-refractivity contribution < 1.29 is 4.79 Å². The molecule has 26 heavy (non-hydrogen) atoms. The third-order valence-corrected chi connectivity index (χ3v) is 5.42. The van der Waals surface area contributed by atoms with Gasteiger partial charge in [0.05, 0.1) is 11.6 Å². The van der Waals surface area contributed by atoms with Crippen LogP contribution < -0.4 is 16.0 Å². The zero-order chi connectivity index (χ0) is 18.9. The molecule has 1 heterocycles. The third kappa shape index (κ3) is 6.40. The highest BCUT2D eigenvalue weighted by Crippen LogP contribution is 2.25. The van der Waals surface area contributed by atoms with Crippen LogP contribution in [0.4, 0.5) is 0 Å². The number of carbonyl (C=O) groups excluding carboxylic acids is 1. The second kappa shape index (κ2) is 10.7. The average molecular weight is 402 g/mol. The fourth-order valence-corrected chi connectivity index (χ4v) is 3.50. The molecule has 6 nitrogen and oxygen atoms in total. The van der Waals surface area contributed by atoms with Gasteiger partial charge in [0.1, 0.15) is 5.15 Å². The minimum Gasteiger partial charge on any atom is -0.357 e. The number of guanidine groups is 1. The highest BCUT2D eigenvalue weighted by Gasteiger charge is 2.15. The van der Waals surface area contributed by atoms with Crippen LogP contribution in [0.25, 0.3) is 0 Å². The van der Waals surface area contributed by atoms with E-state index in [1.165, 1.54) is 19.3 Å². The van der Waals surface area contributed by atoms with Crippen LogP contribution in [-0.4, -0.2) is 35.6 Å². The van der Waals surface area contributed by atoms with Crippen LogP contribution in [-0.2, 0) is 18.4 Å². The summed E-state index contributed by atoms with van der Waals surface area (Å²) in [7, 11) is 1.86. The first kappa shape index (κ1) is 20.9. The fraction of sp³-hybridized carbons (Fsp3) is 0.667. The molecule has 8 heteroatoms. The number of carbonyl (C=O) groups is 1. The molecule has 1 amide bonds. The third-order valence-electron chi connectivity index (χ3n) is 4.57. The molecular weight excluding hydrogens is 373 g/mol. The predicted octanol–water partition coefficient (Wildman–Crippen LogP) is 3.23. The second-order valence-electron chi connectivity index (χ2n) is 6.61. The van der Waals surface area contributed by atoms with Gasteiger partial charge >= 0.3 is 0 Å². The van der Waals surface area contributed by atoms with Gasteiger partial charge in [0.15, 0.2) is 5.96 Å². The summed E-state index contributed by atoms with van der Waals surface area (Å²) >= 11 is 12.1. The summed E-state index contributed by atoms with van der Waals surface area (Å²) in [5.74, 6) is 0.771. The average Bonchev–Trinajstić information content (AvgIpc) is 2.87. The summed E-state index contributed by atoms with van der Waals surface area (Å²) in [6, 6.07) is 2.17. The first-order valence-electron chi connectivity index (χ1n) is 9.32. The number of aliphatic imine (C=N–C) groups is 1. The van der Waals surface area contributed by atoms with Gasteiger partial charge in [-0.3, -0.25) is 4.79 Å². The number of halogens is 2. The van der Waals surface area contributed by atoms with E-state index < -0.39 is 0 Å². The van der Waals surface area contributed by atoms with Crippen LogP contribution >= 0.6 is 23.2 Å². The van der Waals surface area contributed by atoms with E-state index >= 15 is 0 Å². The molecular formula is C18H29Cl2N5O. The van der Waals surface area contributed by atoms with Gasteiger partial charge in [-0.25, -0.2) is 4.99 Å². The van der Waals surface area contributed by atoms with Crippen molar-refractivity contribution in [1.82, 2.24) is 20.5 Å². The van der Waals surface area contributed by atoms with Gasteiger partial charge in [0.25, 0.3) is 0 Å². The van der Waals surface area contributed by atoms with E-state index in [9.17, 15) is 4.79 Å². The lowest BCUT2D eigenvalue weighted by Crippen LogP contribution is -2.41.